The minimum atomic E-state index is -0.706. The van der Waals surface area contributed by atoms with Crippen LogP contribution < -0.4 is 20.3 Å². The number of carbonyl (C=O) groups is 2. The summed E-state index contributed by atoms with van der Waals surface area (Å²) in [5.74, 6) is -0.828. The molecule has 0 saturated carbocycles. The van der Waals surface area contributed by atoms with Gasteiger partial charge in [-0.15, -0.1) is 0 Å². The van der Waals surface area contributed by atoms with E-state index in [9.17, 15) is 9.59 Å². The zero-order valence-corrected chi connectivity index (χ0v) is 18.8. The average molecular weight is 444 g/mol. The molecule has 170 valence electrons. The summed E-state index contributed by atoms with van der Waals surface area (Å²) in [6.45, 7) is 4.66. The largest absolute Gasteiger partial charge is 0.492 e. The molecule has 0 aromatic heterocycles. The molecule has 0 atom stereocenters. The maximum atomic E-state index is 12.2. The summed E-state index contributed by atoms with van der Waals surface area (Å²) in [5, 5.41) is 5.30. The monoisotopic (exact) mass is 443 g/mol. The van der Waals surface area contributed by atoms with E-state index in [1.807, 2.05) is 13.0 Å². The van der Waals surface area contributed by atoms with Gasteiger partial charge in [0, 0.05) is 25.3 Å². The van der Waals surface area contributed by atoms with Crippen molar-refractivity contribution in [2.45, 2.75) is 26.3 Å². The Morgan fingerprint density at radius 1 is 0.909 bits per heavy atom. The Kier molecular flexibility index (Phi) is 7.25. The van der Waals surface area contributed by atoms with E-state index in [4.69, 9.17) is 4.74 Å². The third-order valence-corrected chi connectivity index (χ3v) is 5.77. The van der Waals surface area contributed by atoms with Crippen LogP contribution in [-0.2, 0) is 29.0 Å². The summed E-state index contributed by atoms with van der Waals surface area (Å²) in [4.78, 5) is 26.8. The highest BCUT2D eigenvalue weighted by Crippen LogP contribution is 2.25. The topological polar surface area (TPSA) is 70.7 Å². The first-order valence-electron chi connectivity index (χ1n) is 11.4. The lowest BCUT2D eigenvalue weighted by molar-refractivity contribution is -0.136. The molecule has 33 heavy (non-hydrogen) atoms. The van der Waals surface area contributed by atoms with E-state index in [0.29, 0.717) is 31.0 Å². The van der Waals surface area contributed by atoms with Crippen molar-refractivity contribution >= 4 is 23.2 Å². The minimum Gasteiger partial charge on any atom is -0.492 e. The number of rotatable bonds is 7. The van der Waals surface area contributed by atoms with Gasteiger partial charge in [-0.3, -0.25) is 9.59 Å². The molecule has 1 aliphatic heterocycles. The normalized spacial score (nSPS) is 12.6. The van der Waals surface area contributed by atoms with Crippen LogP contribution in [0.5, 0.6) is 5.75 Å². The van der Waals surface area contributed by atoms with E-state index >= 15 is 0 Å². The Morgan fingerprint density at radius 2 is 1.64 bits per heavy atom. The van der Waals surface area contributed by atoms with Crippen molar-refractivity contribution < 1.29 is 14.3 Å². The Hall–Kier alpha value is -3.80. The van der Waals surface area contributed by atoms with Crippen LogP contribution in [0.25, 0.3) is 0 Å². The highest BCUT2D eigenvalue weighted by atomic mass is 16.5. The summed E-state index contributed by atoms with van der Waals surface area (Å²) in [7, 11) is 0. The second-order valence-corrected chi connectivity index (χ2v) is 8.00. The number of benzene rings is 3. The molecule has 0 unspecified atom stereocenters. The van der Waals surface area contributed by atoms with E-state index in [1.165, 1.54) is 16.8 Å². The summed E-state index contributed by atoms with van der Waals surface area (Å²) < 4.78 is 5.48. The molecule has 2 amide bonds. The molecule has 6 heteroatoms. The van der Waals surface area contributed by atoms with Crippen LogP contribution in [0.2, 0.25) is 0 Å². The number of carbonyl (C=O) groups excluding carboxylic acids is 2. The number of anilines is 2. The summed E-state index contributed by atoms with van der Waals surface area (Å²) in [6, 6.07) is 24.1. The highest BCUT2D eigenvalue weighted by Gasteiger charge is 2.17. The third kappa shape index (κ3) is 5.71. The molecule has 0 saturated heterocycles. The molecule has 4 rings (SSSR count). The maximum absolute atomic E-state index is 12.2. The number of hydrogen-bond acceptors (Lipinski definition) is 4. The van der Waals surface area contributed by atoms with Gasteiger partial charge in [0.2, 0.25) is 0 Å². The lowest BCUT2D eigenvalue weighted by atomic mass is 9.99. The molecule has 3 aromatic rings. The Morgan fingerprint density at radius 3 is 2.42 bits per heavy atom. The van der Waals surface area contributed by atoms with Crippen LogP contribution >= 0.6 is 0 Å². The van der Waals surface area contributed by atoms with Gasteiger partial charge in [-0.05, 0) is 60.7 Å². The van der Waals surface area contributed by atoms with Gasteiger partial charge in [0.25, 0.3) is 0 Å². The highest BCUT2D eigenvalue weighted by molar-refractivity contribution is 6.39. The number of nitrogens with one attached hydrogen (secondary N) is 2. The summed E-state index contributed by atoms with van der Waals surface area (Å²) in [6.07, 6.45) is 1.71. The molecule has 0 spiro atoms. The first kappa shape index (κ1) is 22.4. The van der Waals surface area contributed by atoms with Gasteiger partial charge < -0.3 is 20.3 Å². The quantitative estimate of drug-likeness (QED) is 0.543. The zero-order chi connectivity index (χ0) is 23.0. The fourth-order valence-electron chi connectivity index (χ4n) is 4.02. The van der Waals surface area contributed by atoms with Gasteiger partial charge in [-0.2, -0.15) is 0 Å². The second kappa shape index (κ2) is 10.7. The molecule has 0 radical (unpaired) electrons. The number of nitrogens with zero attached hydrogens (tertiary/aromatic N) is 1. The van der Waals surface area contributed by atoms with Gasteiger partial charge in [0.05, 0.1) is 12.3 Å². The van der Waals surface area contributed by atoms with Crippen LogP contribution in [-0.4, -0.2) is 31.5 Å². The number of hydrogen-bond donors (Lipinski definition) is 2. The number of amides is 2. The first-order valence-corrected chi connectivity index (χ1v) is 11.4. The van der Waals surface area contributed by atoms with Crippen molar-refractivity contribution in [2.75, 3.05) is 29.9 Å². The van der Waals surface area contributed by atoms with Gasteiger partial charge >= 0.3 is 11.8 Å². The first-order chi connectivity index (χ1) is 16.1. The van der Waals surface area contributed by atoms with Crippen molar-refractivity contribution in [3.8, 4) is 5.75 Å². The van der Waals surface area contributed by atoms with Gasteiger partial charge in [-0.1, -0.05) is 48.5 Å². The fraction of sp³-hybridized carbons (Fsp3) is 0.259. The predicted molar refractivity (Wildman–Crippen MR) is 131 cm³/mol. The van der Waals surface area contributed by atoms with Crippen LogP contribution in [0, 0.1) is 0 Å². The molecule has 0 fully saturated rings. The molecule has 6 nitrogen and oxygen atoms in total. The molecular weight excluding hydrogens is 414 g/mol. The molecule has 1 heterocycles. The van der Waals surface area contributed by atoms with Crippen molar-refractivity contribution in [3.63, 3.8) is 0 Å². The van der Waals surface area contributed by atoms with E-state index in [-0.39, 0.29) is 0 Å². The van der Waals surface area contributed by atoms with Crippen LogP contribution in [0.1, 0.15) is 23.6 Å². The molecule has 3 aromatic carbocycles. The Labute approximate surface area is 194 Å². The van der Waals surface area contributed by atoms with Gasteiger partial charge in [0.1, 0.15) is 5.75 Å². The Bertz CT molecular complexity index is 1110. The lowest BCUT2D eigenvalue weighted by Crippen LogP contribution is -2.36. The number of para-hydroxylation sites is 2. The average Bonchev–Trinajstić information content (AvgIpc) is 2.85. The number of fused-ring (bicyclic) bond motifs is 1. The van der Waals surface area contributed by atoms with Gasteiger partial charge in [-0.25, -0.2) is 0 Å². The standard InChI is InChI=1S/C27H29N3O3/c1-2-33-25-10-6-5-9-24(25)29-27(32)26(31)28-17-15-20-11-13-23(14-12-20)30-18-16-21-7-3-4-8-22(21)19-30/h3-14H,2,15-19H2,1H3,(H,28,31)(H,29,32). The lowest BCUT2D eigenvalue weighted by Gasteiger charge is -2.30. The van der Waals surface area contributed by atoms with Crippen molar-refractivity contribution in [3.05, 3.63) is 89.5 Å². The summed E-state index contributed by atoms with van der Waals surface area (Å²) >= 11 is 0. The zero-order valence-electron chi connectivity index (χ0n) is 18.8. The third-order valence-electron chi connectivity index (χ3n) is 5.77. The fourth-order valence-corrected chi connectivity index (χ4v) is 4.02. The molecule has 0 aliphatic carbocycles. The Balaban J connectivity index is 1.25. The van der Waals surface area contributed by atoms with Crippen molar-refractivity contribution in [2.24, 2.45) is 0 Å². The van der Waals surface area contributed by atoms with Crippen LogP contribution in [0.15, 0.2) is 72.8 Å². The van der Waals surface area contributed by atoms with E-state index in [1.54, 1.807) is 18.2 Å². The van der Waals surface area contributed by atoms with Crippen LogP contribution in [0.3, 0.4) is 0 Å². The van der Waals surface area contributed by atoms with E-state index in [2.05, 4.69) is 64.1 Å². The summed E-state index contributed by atoms with van der Waals surface area (Å²) in [5.41, 5.74) is 5.61. The maximum Gasteiger partial charge on any atom is 0.313 e. The van der Waals surface area contributed by atoms with E-state index in [0.717, 1.165) is 25.1 Å². The second-order valence-electron chi connectivity index (χ2n) is 8.00. The smallest absolute Gasteiger partial charge is 0.313 e. The minimum absolute atomic E-state index is 0.385. The molecule has 2 N–H and O–H groups in total. The number of ether oxygens (including phenoxy) is 1. The molecule has 0 bridgehead atoms. The van der Waals surface area contributed by atoms with Crippen molar-refractivity contribution in [1.29, 1.82) is 0 Å². The molecular formula is C27H29N3O3. The SMILES string of the molecule is CCOc1ccccc1NC(=O)C(=O)NCCc1ccc(N2CCc3ccccc3C2)cc1. The van der Waals surface area contributed by atoms with Crippen molar-refractivity contribution in [1.82, 2.24) is 5.32 Å². The molecule has 1 aliphatic rings. The van der Waals surface area contributed by atoms with Gasteiger partial charge in [0.15, 0.2) is 0 Å². The predicted octanol–water partition coefficient (Wildman–Crippen LogP) is 3.95. The van der Waals surface area contributed by atoms with E-state index < -0.39 is 11.8 Å². The van der Waals surface area contributed by atoms with Crippen LogP contribution in [0.4, 0.5) is 11.4 Å².